The maximum absolute atomic E-state index is 12.9. The molecule has 8 nitrogen and oxygen atoms in total. The maximum Gasteiger partial charge on any atom is 0.243 e. The molecule has 0 bridgehead atoms. The molecular weight excluding hydrogens is 452 g/mol. The average Bonchev–Trinajstić information content (AvgIpc) is 3.43. The molecule has 0 aliphatic heterocycles. The Balaban J connectivity index is 1.71. The molecule has 32 heavy (non-hydrogen) atoms. The van der Waals surface area contributed by atoms with Gasteiger partial charge in [-0.2, -0.15) is 0 Å². The summed E-state index contributed by atoms with van der Waals surface area (Å²) in [5.74, 6) is 1.23. The number of aromatic nitrogens is 3. The van der Waals surface area contributed by atoms with Gasteiger partial charge in [-0.1, -0.05) is 35.9 Å². The van der Waals surface area contributed by atoms with Crippen molar-refractivity contribution in [3.05, 3.63) is 77.0 Å². The van der Waals surface area contributed by atoms with E-state index in [9.17, 15) is 8.42 Å². The minimum atomic E-state index is -3.74. The summed E-state index contributed by atoms with van der Waals surface area (Å²) in [6, 6.07) is 16.0. The van der Waals surface area contributed by atoms with E-state index in [-0.39, 0.29) is 11.7 Å². The van der Waals surface area contributed by atoms with E-state index in [1.54, 1.807) is 54.1 Å². The van der Waals surface area contributed by atoms with Crippen molar-refractivity contribution in [1.82, 2.24) is 14.8 Å². The summed E-state index contributed by atoms with van der Waals surface area (Å²) < 4.78 is 41.0. The maximum atomic E-state index is 12.9. The van der Waals surface area contributed by atoms with Crippen molar-refractivity contribution in [2.75, 3.05) is 17.6 Å². The Bertz CT molecular complexity index is 1320. The Morgan fingerprint density at radius 3 is 2.56 bits per heavy atom. The van der Waals surface area contributed by atoms with Crippen LogP contribution in [-0.4, -0.2) is 36.0 Å². The van der Waals surface area contributed by atoms with Crippen molar-refractivity contribution < 1.29 is 17.6 Å². The first-order chi connectivity index (χ1) is 15.4. The SMILES string of the molecule is COc1cccc(C)c1-n1c(NS(=O)(=O)CCc2ccc(Cl)cc2)nnc1-c1ccco1. The summed E-state index contributed by atoms with van der Waals surface area (Å²) in [4.78, 5) is 0. The molecule has 0 atom stereocenters. The molecule has 0 amide bonds. The van der Waals surface area contributed by atoms with Crippen LogP contribution in [0.15, 0.2) is 65.3 Å². The van der Waals surface area contributed by atoms with Crippen LogP contribution in [0.25, 0.3) is 17.3 Å². The smallest absolute Gasteiger partial charge is 0.243 e. The van der Waals surface area contributed by atoms with Gasteiger partial charge in [-0.25, -0.2) is 8.42 Å². The van der Waals surface area contributed by atoms with Gasteiger partial charge < -0.3 is 9.15 Å². The lowest BCUT2D eigenvalue weighted by atomic mass is 10.1. The monoisotopic (exact) mass is 472 g/mol. The van der Waals surface area contributed by atoms with Crippen LogP contribution >= 0.6 is 11.6 Å². The average molecular weight is 473 g/mol. The lowest BCUT2D eigenvalue weighted by molar-refractivity contribution is 0.412. The number of benzene rings is 2. The molecule has 4 rings (SSSR count). The van der Waals surface area contributed by atoms with Crippen molar-refractivity contribution >= 4 is 27.6 Å². The summed E-state index contributed by atoms with van der Waals surface area (Å²) in [5.41, 5.74) is 2.32. The molecule has 0 aliphatic rings. The first-order valence-electron chi connectivity index (χ1n) is 9.76. The highest BCUT2D eigenvalue weighted by molar-refractivity contribution is 7.92. The van der Waals surface area contributed by atoms with Gasteiger partial charge in [0.25, 0.3) is 0 Å². The third kappa shape index (κ3) is 4.63. The molecule has 2 heterocycles. The lowest BCUT2D eigenvalue weighted by Crippen LogP contribution is -2.21. The van der Waals surface area contributed by atoms with Gasteiger partial charge in [-0.15, -0.1) is 10.2 Å². The number of halogens is 1. The Kier molecular flexibility index (Phi) is 6.20. The zero-order valence-electron chi connectivity index (χ0n) is 17.4. The fourth-order valence-electron chi connectivity index (χ4n) is 3.30. The van der Waals surface area contributed by atoms with Crippen LogP contribution in [0, 0.1) is 6.92 Å². The number of rotatable bonds is 8. The number of nitrogens with one attached hydrogen (secondary N) is 1. The van der Waals surface area contributed by atoms with Gasteiger partial charge in [-0.05, 0) is 54.8 Å². The molecule has 2 aromatic heterocycles. The minimum absolute atomic E-state index is 0.0418. The highest BCUT2D eigenvalue weighted by atomic mass is 35.5. The number of hydrogen-bond donors (Lipinski definition) is 1. The summed E-state index contributed by atoms with van der Waals surface area (Å²) in [6.45, 7) is 1.89. The lowest BCUT2D eigenvalue weighted by Gasteiger charge is -2.16. The number of para-hydroxylation sites is 1. The number of furan rings is 1. The zero-order valence-corrected chi connectivity index (χ0v) is 19.0. The summed E-state index contributed by atoms with van der Waals surface area (Å²) in [6.07, 6.45) is 1.83. The Morgan fingerprint density at radius 1 is 1.09 bits per heavy atom. The molecule has 0 aliphatic carbocycles. The summed E-state index contributed by atoms with van der Waals surface area (Å²) >= 11 is 5.90. The van der Waals surface area contributed by atoms with Crippen molar-refractivity contribution in [2.24, 2.45) is 0 Å². The van der Waals surface area contributed by atoms with Gasteiger partial charge >= 0.3 is 0 Å². The quantitative estimate of drug-likeness (QED) is 0.406. The fourth-order valence-corrected chi connectivity index (χ4v) is 4.45. The minimum Gasteiger partial charge on any atom is -0.495 e. The van der Waals surface area contributed by atoms with Gasteiger partial charge in [0.2, 0.25) is 21.8 Å². The van der Waals surface area contributed by atoms with Crippen LogP contribution in [0.1, 0.15) is 11.1 Å². The standard InChI is InChI=1S/C22H21ClN4O4S/c1-15-5-3-6-18(30-2)20(15)27-21(19-7-4-13-31-19)24-25-22(27)26-32(28,29)14-12-16-8-10-17(23)11-9-16/h3-11,13H,12,14H2,1-2H3,(H,25,26). The second-order valence-corrected chi connectivity index (χ2v) is 9.36. The van der Waals surface area contributed by atoms with Gasteiger partial charge in [0.05, 0.1) is 24.8 Å². The van der Waals surface area contributed by atoms with E-state index in [2.05, 4.69) is 14.9 Å². The second kappa shape index (κ2) is 9.05. The zero-order chi connectivity index (χ0) is 22.7. The predicted molar refractivity (Wildman–Crippen MR) is 123 cm³/mol. The summed E-state index contributed by atoms with van der Waals surface area (Å²) in [7, 11) is -2.19. The van der Waals surface area contributed by atoms with Gasteiger partial charge in [0.15, 0.2) is 5.76 Å². The van der Waals surface area contributed by atoms with E-state index in [1.807, 2.05) is 19.1 Å². The van der Waals surface area contributed by atoms with Crippen molar-refractivity contribution in [3.63, 3.8) is 0 Å². The van der Waals surface area contributed by atoms with E-state index in [0.29, 0.717) is 34.5 Å². The number of ether oxygens (including phenoxy) is 1. The molecule has 4 aromatic rings. The van der Waals surface area contributed by atoms with Crippen molar-refractivity contribution in [2.45, 2.75) is 13.3 Å². The second-order valence-electron chi connectivity index (χ2n) is 7.08. The van der Waals surface area contributed by atoms with E-state index in [1.165, 1.54) is 6.26 Å². The highest BCUT2D eigenvalue weighted by Gasteiger charge is 2.24. The Morgan fingerprint density at radius 2 is 1.88 bits per heavy atom. The van der Waals surface area contributed by atoms with Crippen LogP contribution in [0.4, 0.5) is 5.95 Å². The molecule has 166 valence electrons. The molecule has 1 N–H and O–H groups in total. The van der Waals surface area contributed by atoms with Crippen LogP contribution < -0.4 is 9.46 Å². The molecule has 10 heteroatoms. The topological polar surface area (TPSA) is 99.2 Å². The van der Waals surface area contributed by atoms with E-state index in [4.69, 9.17) is 20.8 Å². The van der Waals surface area contributed by atoms with Gasteiger partial charge in [0, 0.05) is 5.02 Å². The Hall–Kier alpha value is -3.30. The number of hydrogen-bond acceptors (Lipinski definition) is 6. The molecule has 2 aromatic carbocycles. The predicted octanol–water partition coefficient (Wildman–Crippen LogP) is 4.48. The Labute approximate surface area is 190 Å². The molecule has 0 saturated heterocycles. The largest absolute Gasteiger partial charge is 0.495 e. The fraction of sp³-hybridized carbons (Fsp3) is 0.182. The first kappa shape index (κ1) is 21.9. The normalized spacial score (nSPS) is 11.5. The van der Waals surface area contributed by atoms with Crippen LogP contribution in [0.2, 0.25) is 5.02 Å². The molecule has 0 unspecified atom stereocenters. The van der Waals surface area contributed by atoms with E-state index >= 15 is 0 Å². The van der Waals surface area contributed by atoms with Crippen LogP contribution in [0.3, 0.4) is 0 Å². The number of sulfonamides is 1. The van der Waals surface area contributed by atoms with Gasteiger partial charge in [-0.3, -0.25) is 9.29 Å². The highest BCUT2D eigenvalue weighted by Crippen LogP contribution is 2.33. The number of aryl methyl sites for hydroxylation is 2. The molecule has 0 spiro atoms. The first-order valence-corrected chi connectivity index (χ1v) is 11.8. The van der Waals surface area contributed by atoms with Gasteiger partial charge in [0.1, 0.15) is 5.75 Å². The van der Waals surface area contributed by atoms with E-state index < -0.39 is 10.0 Å². The summed E-state index contributed by atoms with van der Waals surface area (Å²) in [5, 5.41) is 8.89. The third-order valence-electron chi connectivity index (χ3n) is 4.87. The third-order valence-corrected chi connectivity index (χ3v) is 6.36. The number of methoxy groups -OCH3 is 1. The van der Waals surface area contributed by atoms with Crippen molar-refractivity contribution in [3.8, 4) is 23.0 Å². The molecule has 0 saturated carbocycles. The van der Waals surface area contributed by atoms with Crippen molar-refractivity contribution in [1.29, 1.82) is 0 Å². The van der Waals surface area contributed by atoms with E-state index in [0.717, 1.165) is 11.1 Å². The number of nitrogens with zero attached hydrogens (tertiary/aromatic N) is 3. The molecule has 0 radical (unpaired) electrons. The van der Waals surface area contributed by atoms with Crippen LogP contribution in [0.5, 0.6) is 5.75 Å². The molecular formula is C22H21ClN4O4S. The molecule has 0 fully saturated rings. The van der Waals surface area contributed by atoms with Crippen LogP contribution in [-0.2, 0) is 16.4 Å². The number of anilines is 1.